The van der Waals surface area contributed by atoms with E-state index in [9.17, 15) is 13.2 Å². The second-order valence-corrected chi connectivity index (χ2v) is 6.05. The number of alkyl halides is 3. The first kappa shape index (κ1) is 18.4. The summed E-state index contributed by atoms with van der Waals surface area (Å²) in [4.78, 5) is 0. The topological polar surface area (TPSA) is 39.7 Å². The summed E-state index contributed by atoms with van der Waals surface area (Å²) in [6, 6.07) is 7.38. The number of methoxy groups -OCH3 is 2. The van der Waals surface area contributed by atoms with Crippen LogP contribution in [0.15, 0.2) is 30.3 Å². The van der Waals surface area contributed by atoms with E-state index < -0.39 is 11.7 Å². The molecule has 3 rings (SSSR count). The maximum atomic E-state index is 13.4. The van der Waals surface area contributed by atoms with Crippen molar-refractivity contribution in [1.82, 2.24) is 5.32 Å². The van der Waals surface area contributed by atoms with E-state index in [1.165, 1.54) is 20.3 Å². The van der Waals surface area contributed by atoms with E-state index in [0.717, 1.165) is 6.07 Å². The van der Waals surface area contributed by atoms with Crippen LogP contribution in [0.3, 0.4) is 0 Å². The maximum Gasteiger partial charge on any atom is 0.416 e. The number of fused-ring (bicyclic) bond motifs is 1. The van der Waals surface area contributed by atoms with Gasteiger partial charge in [0.25, 0.3) is 0 Å². The first-order valence-corrected chi connectivity index (χ1v) is 8.15. The molecule has 0 bridgehead atoms. The zero-order valence-electron chi connectivity index (χ0n) is 14.7. The number of likely N-dealkylation sites (N-methyl/N-ethyl adjacent to an activating group) is 1. The number of rotatable bonds is 5. The van der Waals surface area contributed by atoms with E-state index in [0.29, 0.717) is 46.9 Å². The number of halogens is 3. The number of para-hydroxylation sites is 1. The van der Waals surface area contributed by atoms with Crippen LogP contribution < -0.4 is 19.5 Å². The van der Waals surface area contributed by atoms with Crippen LogP contribution in [0.25, 0.3) is 11.1 Å². The standard InChI is InChI=1S/C19H20F3NO3/c1-23-10-13-8-11-7-12(19(20,21)22)9-15(17(11)26-13)14-5-4-6-16(24-2)18(14)25-3/h4-7,9,13,23H,8,10H2,1-3H3. The average molecular weight is 367 g/mol. The van der Waals surface area contributed by atoms with Crippen LogP contribution in [0.1, 0.15) is 11.1 Å². The Bertz CT molecular complexity index is 805. The van der Waals surface area contributed by atoms with Crippen molar-refractivity contribution < 1.29 is 27.4 Å². The van der Waals surface area contributed by atoms with Crippen LogP contribution >= 0.6 is 0 Å². The van der Waals surface area contributed by atoms with E-state index in [1.54, 1.807) is 25.2 Å². The maximum absolute atomic E-state index is 13.4. The Kier molecular flexibility index (Phi) is 5.00. The largest absolute Gasteiger partial charge is 0.493 e. The molecule has 0 radical (unpaired) electrons. The van der Waals surface area contributed by atoms with Crippen molar-refractivity contribution in [3.63, 3.8) is 0 Å². The minimum absolute atomic E-state index is 0.214. The Morgan fingerprint density at radius 2 is 1.92 bits per heavy atom. The Balaban J connectivity index is 2.21. The van der Waals surface area contributed by atoms with Gasteiger partial charge in [0.05, 0.1) is 19.8 Å². The van der Waals surface area contributed by atoms with Gasteiger partial charge in [-0.25, -0.2) is 0 Å². The third-order valence-electron chi connectivity index (χ3n) is 4.35. The molecular formula is C19H20F3NO3. The van der Waals surface area contributed by atoms with Crippen LogP contribution in [0.2, 0.25) is 0 Å². The molecular weight excluding hydrogens is 347 g/mol. The van der Waals surface area contributed by atoms with Crippen LogP contribution in [0.4, 0.5) is 13.2 Å². The zero-order valence-corrected chi connectivity index (χ0v) is 14.7. The number of benzene rings is 2. The summed E-state index contributed by atoms with van der Waals surface area (Å²) in [6.07, 6.45) is -4.25. The van der Waals surface area contributed by atoms with E-state index >= 15 is 0 Å². The second-order valence-electron chi connectivity index (χ2n) is 6.05. The molecule has 1 aliphatic heterocycles. The summed E-state index contributed by atoms with van der Waals surface area (Å²) < 4.78 is 56.9. The quantitative estimate of drug-likeness (QED) is 0.870. The van der Waals surface area contributed by atoms with Gasteiger partial charge in [0, 0.05) is 24.1 Å². The lowest BCUT2D eigenvalue weighted by Gasteiger charge is -2.17. The molecule has 0 amide bonds. The Hall–Kier alpha value is -2.41. The molecule has 2 aromatic rings. The molecule has 2 aromatic carbocycles. The van der Waals surface area contributed by atoms with Crippen molar-refractivity contribution >= 4 is 0 Å². The highest BCUT2D eigenvalue weighted by atomic mass is 19.4. The Labute approximate surface area is 149 Å². The van der Waals surface area contributed by atoms with Gasteiger partial charge in [-0.3, -0.25) is 0 Å². The molecule has 0 saturated heterocycles. The predicted molar refractivity (Wildman–Crippen MR) is 92.0 cm³/mol. The fourth-order valence-electron chi connectivity index (χ4n) is 3.24. The molecule has 1 heterocycles. The summed E-state index contributed by atoms with van der Waals surface area (Å²) >= 11 is 0. The second kappa shape index (κ2) is 7.07. The highest BCUT2D eigenvalue weighted by Gasteiger charge is 2.36. The summed E-state index contributed by atoms with van der Waals surface area (Å²) in [7, 11) is 4.72. The summed E-state index contributed by atoms with van der Waals surface area (Å²) in [5, 5.41) is 3.00. The molecule has 1 unspecified atom stereocenters. The lowest BCUT2D eigenvalue weighted by molar-refractivity contribution is -0.137. The van der Waals surface area contributed by atoms with Crippen LogP contribution in [0, 0.1) is 0 Å². The molecule has 0 spiro atoms. The lowest BCUT2D eigenvalue weighted by atomic mass is 9.96. The van der Waals surface area contributed by atoms with Gasteiger partial charge >= 0.3 is 6.18 Å². The molecule has 0 aliphatic carbocycles. The lowest BCUT2D eigenvalue weighted by Crippen LogP contribution is -2.27. The fourth-order valence-corrected chi connectivity index (χ4v) is 3.24. The van der Waals surface area contributed by atoms with E-state index in [2.05, 4.69) is 5.32 Å². The van der Waals surface area contributed by atoms with Crippen molar-refractivity contribution in [3.05, 3.63) is 41.5 Å². The number of ether oxygens (including phenoxy) is 3. The summed E-state index contributed by atoms with van der Waals surface area (Å²) in [6.45, 7) is 0.546. The van der Waals surface area contributed by atoms with Gasteiger partial charge in [0.2, 0.25) is 0 Å². The van der Waals surface area contributed by atoms with Gasteiger partial charge < -0.3 is 19.5 Å². The number of nitrogens with one attached hydrogen (secondary N) is 1. The van der Waals surface area contributed by atoms with Gasteiger partial charge in [-0.05, 0) is 30.8 Å². The Morgan fingerprint density at radius 1 is 1.15 bits per heavy atom. The molecule has 26 heavy (non-hydrogen) atoms. The van der Waals surface area contributed by atoms with Gasteiger partial charge in [-0.2, -0.15) is 13.2 Å². The molecule has 1 N–H and O–H groups in total. The van der Waals surface area contributed by atoms with Crippen molar-refractivity contribution in [3.8, 4) is 28.4 Å². The third-order valence-corrected chi connectivity index (χ3v) is 4.35. The van der Waals surface area contributed by atoms with Crippen molar-refractivity contribution in [1.29, 1.82) is 0 Å². The molecule has 0 fully saturated rings. The van der Waals surface area contributed by atoms with Gasteiger partial charge in [-0.1, -0.05) is 12.1 Å². The van der Waals surface area contributed by atoms with E-state index in [-0.39, 0.29) is 6.10 Å². The predicted octanol–water partition coefficient (Wildman–Crippen LogP) is 3.91. The Morgan fingerprint density at radius 3 is 2.54 bits per heavy atom. The van der Waals surface area contributed by atoms with Gasteiger partial charge in [0.1, 0.15) is 11.9 Å². The van der Waals surface area contributed by atoms with Crippen LogP contribution in [-0.2, 0) is 12.6 Å². The van der Waals surface area contributed by atoms with Crippen molar-refractivity contribution in [2.45, 2.75) is 18.7 Å². The molecule has 0 aromatic heterocycles. The molecule has 0 saturated carbocycles. The third kappa shape index (κ3) is 3.31. The van der Waals surface area contributed by atoms with E-state index in [1.807, 2.05) is 0 Å². The molecule has 4 nitrogen and oxygen atoms in total. The SMILES string of the molecule is CNCC1Cc2cc(C(F)(F)F)cc(-c3cccc(OC)c3OC)c2O1. The first-order valence-electron chi connectivity index (χ1n) is 8.15. The average Bonchev–Trinajstić information content (AvgIpc) is 3.02. The monoisotopic (exact) mass is 367 g/mol. The molecule has 7 heteroatoms. The minimum atomic E-state index is -4.45. The van der Waals surface area contributed by atoms with E-state index in [4.69, 9.17) is 14.2 Å². The number of hydrogen-bond donors (Lipinski definition) is 1. The molecule has 1 atom stereocenters. The van der Waals surface area contributed by atoms with Crippen molar-refractivity contribution in [2.24, 2.45) is 0 Å². The highest BCUT2D eigenvalue weighted by molar-refractivity contribution is 5.80. The smallest absolute Gasteiger partial charge is 0.416 e. The molecule has 1 aliphatic rings. The van der Waals surface area contributed by atoms with Gasteiger partial charge in [0.15, 0.2) is 11.5 Å². The normalized spacial score (nSPS) is 16.2. The number of hydrogen-bond acceptors (Lipinski definition) is 4. The minimum Gasteiger partial charge on any atom is -0.493 e. The fraction of sp³-hybridized carbons (Fsp3) is 0.368. The van der Waals surface area contributed by atoms with Crippen molar-refractivity contribution in [2.75, 3.05) is 27.8 Å². The molecule has 140 valence electrons. The van der Waals surface area contributed by atoms with Gasteiger partial charge in [-0.15, -0.1) is 0 Å². The van der Waals surface area contributed by atoms with Crippen LogP contribution in [-0.4, -0.2) is 33.9 Å². The summed E-state index contributed by atoms with van der Waals surface area (Å²) in [5.41, 5.74) is 0.688. The summed E-state index contributed by atoms with van der Waals surface area (Å²) in [5.74, 6) is 1.28. The van der Waals surface area contributed by atoms with Crippen LogP contribution in [0.5, 0.6) is 17.2 Å². The highest BCUT2D eigenvalue weighted by Crippen LogP contribution is 2.47. The zero-order chi connectivity index (χ0) is 18.9. The first-order chi connectivity index (χ1) is 12.4.